The molecule has 0 aromatic rings. The van der Waals surface area contributed by atoms with Crippen molar-refractivity contribution in [1.82, 2.24) is 0 Å². The first-order valence-corrected chi connectivity index (χ1v) is 4.13. The van der Waals surface area contributed by atoms with E-state index in [-0.39, 0.29) is 1.43 Å². The van der Waals surface area contributed by atoms with Gasteiger partial charge in [0.2, 0.25) is 0 Å². The Balaban J connectivity index is 0.000000500. The van der Waals surface area contributed by atoms with Gasteiger partial charge in [0.25, 0.3) is 0 Å². The van der Waals surface area contributed by atoms with Gasteiger partial charge in [0.05, 0.1) is 0 Å². The van der Waals surface area contributed by atoms with Crippen LogP contribution in [0.25, 0.3) is 0 Å². The fourth-order valence-corrected chi connectivity index (χ4v) is 2.21. The van der Waals surface area contributed by atoms with Crippen LogP contribution in [0, 0.1) is 11.8 Å². The van der Waals surface area contributed by atoms with Gasteiger partial charge in [-0.05, 0) is 31.1 Å². The Hall–Kier alpha value is -0.260. The third-order valence-electron chi connectivity index (χ3n) is 2.79. The van der Waals surface area contributed by atoms with Gasteiger partial charge < -0.3 is 0 Å². The van der Waals surface area contributed by atoms with E-state index in [9.17, 15) is 0 Å². The first-order chi connectivity index (χ1) is 4.47. The molecule has 0 aromatic heterocycles. The van der Waals surface area contributed by atoms with Crippen molar-refractivity contribution < 1.29 is 1.43 Å². The normalized spacial score (nSPS) is 40.9. The summed E-state index contributed by atoms with van der Waals surface area (Å²) in [7, 11) is 0. The Bertz CT molecular complexity index is 129. The maximum atomic E-state index is 2.43. The third-order valence-corrected chi connectivity index (χ3v) is 2.79. The number of fused-ring (bicyclic) bond motifs is 1. The Morgan fingerprint density at radius 3 is 3.00 bits per heavy atom. The fourth-order valence-electron chi connectivity index (χ4n) is 2.21. The van der Waals surface area contributed by atoms with E-state index in [1.165, 1.54) is 32.1 Å². The zero-order valence-corrected chi connectivity index (χ0v) is 5.84. The van der Waals surface area contributed by atoms with Gasteiger partial charge in [-0.3, -0.25) is 0 Å². The fraction of sp³-hybridized carbons (Fsp3) is 0.778. The van der Waals surface area contributed by atoms with Crippen LogP contribution in [0.15, 0.2) is 12.2 Å². The monoisotopic (exact) mass is 125 g/mol. The quantitative estimate of drug-likeness (QED) is 0.436. The molecule has 0 bridgehead atoms. The molecule has 0 N–H and O–H groups in total. The molecule has 0 heterocycles. The molecular formula is C9H16. The number of hydrogen-bond donors (Lipinski definition) is 0. The SMILES string of the molecule is C1=CC2CCCCC2C1.[2HH]. The maximum absolute atomic E-state index is 2.43. The molecule has 0 amide bonds. The highest BCUT2D eigenvalue weighted by atomic mass is 14.3. The van der Waals surface area contributed by atoms with Gasteiger partial charge in [-0.15, -0.1) is 0 Å². The van der Waals surface area contributed by atoms with Gasteiger partial charge in [0.15, 0.2) is 0 Å². The molecule has 2 aliphatic carbocycles. The molecule has 2 aliphatic rings. The molecule has 0 heteroatoms. The molecular weight excluding hydrogens is 108 g/mol. The summed E-state index contributed by atoms with van der Waals surface area (Å²) in [5, 5.41) is 0. The first-order valence-electron chi connectivity index (χ1n) is 4.13. The van der Waals surface area contributed by atoms with Gasteiger partial charge in [-0.1, -0.05) is 25.0 Å². The van der Waals surface area contributed by atoms with Crippen LogP contribution in [0.4, 0.5) is 0 Å². The lowest BCUT2D eigenvalue weighted by molar-refractivity contribution is 0.304. The third kappa shape index (κ3) is 0.910. The minimum atomic E-state index is 0. The second-order valence-corrected chi connectivity index (χ2v) is 3.37. The Morgan fingerprint density at radius 1 is 1.22 bits per heavy atom. The van der Waals surface area contributed by atoms with Gasteiger partial charge in [0, 0.05) is 1.43 Å². The highest BCUT2D eigenvalue weighted by Crippen LogP contribution is 2.37. The van der Waals surface area contributed by atoms with Gasteiger partial charge in [-0.2, -0.15) is 0 Å². The predicted molar refractivity (Wildman–Crippen MR) is 41.3 cm³/mol. The van der Waals surface area contributed by atoms with Crippen LogP contribution in [-0.2, 0) is 0 Å². The first kappa shape index (κ1) is 5.52. The molecule has 9 heavy (non-hydrogen) atoms. The standard InChI is InChI=1S/C9H14.H2/c1-2-5-9-7-3-6-8(9)4-1;/h3,6,8-9H,1-2,4-5,7H2;1H/i;1+1. The number of hydrogen-bond acceptors (Lipinski definition) is 0. The zero-order chi connectivity index (χ0) is 6.10. The van der Waals surface area contributed by atoms with E-state index in [2.05, 4.69) is 12.2 Å². The Kier molecular flexibility index (Phi) is 1.33. The lowest BCUT2D eigenvalue weighted by atomic mass is 9.82. The van der Waals surface area contributed by atoms with Crippen molar-refractivity contribution >= 4 is 0 Å². The summed E-state index contributed by atoms with van der Waals surface area (Å²) >= 11 is 0. The van der Waals surface area contributed by atoms with Crippen LogP contribution in [-0.4, -0.2) is 0 Å². The summed E-state index contributed by atoms with van der Waals surface area (Å²) in [5.41, 5.74) is 0. The van der Waals surface area contributed by atoms with Crippen molar-refractivity contribution in [2.45, 2.75) is 32.1 Å². The molecule has 0 radical (unpaired) electrons. The van der Waals surface area contributed by atoms with Crippen LogP contribution in [0.1, 0.15) is 33.5 Å². The highest BCUT2D eigenvalue weighted by Gasteiger charge is 2.24. The highest BCUT2D eigenvalue weighted by molar-refractivity contribution is 5.02. The molecule has 52 valence electrons. The summed E-state index contributed by atoms with van der Waals surface area (Å²) < 4.78 is 0. The molecule has 0 nitrogen and oxygen atoms in total. The summed E-state index contributed by atoms with van der Waals surface area (Å²) in [6, 6.07) is 0. The van der Waals surface area contributed by atoms with Crippen LogP contribution < -0.4 is 0 Å². The molecule has 0 aliphatic heterocycles. The molecule has 0 spiro atoms. The maximum Gasteiger partial charge on any atom is 0 e. The summed E-state index contributed by atoms with van der Waals surface area (Å²) in [6.07, 6.45) is 12.1. The van der Waals surface area contributed by atoms with Crippen molar-refractivity contribution in [2.75, 3.05) is 0 Å². The molecule has 2 atom stereocenters. The minimum Gasteiger partial charge on any atom is -0.0880 e. The van der Waals surface area contributed by atoms with E-state index in [1.807, 2.05) is 0 Å². The average Bonchev–Trinajstić information content (AvgIpc) is 2.33. The van der Waals surface area contributed by atoms with Crippen LogP contribution in [0.3, 0.4) is 0 Å². The lowest BCUT2D eigenvalue weighted by Crippen LogP contribution is -2.12. The Morgan fingerprint density at radius 2 is 2.11 bits per heavy atom. The second kappa shape index (κ2) is 2.17. The van der Waals surface area contributed by atoms with E-state index >= 15 is 0 Å². The Labute approximate surface area is 58.4 Å². The molecule has 2 rings (SSSR count). The number of allylic oxidation sites excluding steroid dienone is 2. The average molecular weight is 125 g/mol. The van der Waals surface area contributed by atoms with Crippen LogP contribution >= 0.6 is 0 Å². The minimum absolute atomic E-state index is 0. The number of rotatable bonds is 0. The summed E-state index contributed by atoms with van der Waals surface area (Å²) in [4.78, 5) is 0. The molecule has 0 aromatic carbocycles. The van der Waals surface area contributed by atoms with Gasteiger partial charge in [-0.25, -0.2) is 0 Å². The summed E-state index contributed by atoms with van der Waals surface area (Å²) in [5.74, 6) is 2.04. The second-order valence-electron chi connectivity index (χ2n) is 3.37. The smallest absolute Gasteiger partial charge is 0 e. The van der Waals surface area contributed by atoms with Crippen molar-refractivity contribution in [2.24, 2.45) is 11.8 Å². The topological polar surface area (TPSA) is 0 Å². The van der Waals surface area contributed by atoms with E-state index in [1.54, 1.807) is 0 Å². The van der Waals surface area contributed by atoms with E-state index in [4.69, 9.17) is 0 Å². The molecule has 1 fully saturated rings. The van der Waals surface area contributed by atoms with Crippen molar-refractivity contribution in [3.05, 3.63) is 12.2 Å². The van der Waals surface area contributed by atoms with E-state index in [0.29, 0.717) is 0 Å². The van der Waals surface area contributed by atoms with E-state index in [0.717, 1.165) is 11.8 Å². The van der Waals surface area contributed by atoms with E-state index < -0.39 is 0 Å². The van der Waals surface area contributed by atoms with Gasteiger partial charge >= 0.3 is 0 Å². The van der Waals surface area contributed by atoms with Crippen molar-refractivity contribution in [3.63, 3.8) is 0 Å². The van der Waals surface area contributed by atoms with Crippen molar-refractivity contribution in [3.8, 4) is 0 Å². The van der Waals surface area contributed by atoms with Crippen LogP contribution in [0.2, 0.25) is 0 Å². The van der Waals surface area contributed by atoms with Crippen molar-refractivity contribution in [1.29, 1.82) is 0 Å². The molecule has 2 unspecified atom stereocenters. The molecule has 0 saturated heterocycles. The van der Waals surface area contributed by atoms with Gasteiger partial charge in [0.1, 0.15) is 0 Å². The molecule has 1 saturated carbocycles. The van der Waals surface area contributed by atoms with Crippen LogP contribution in [0.5, 0.6) is 0 Å². The predicted octanol–water partition coefficient (Wildman–Crippen LogP) is 3.00. The lowest BCUT2D eigenvalue weighted by Gasteiger charge is -2.23. The largest absolute Gasteiger partial charge is 0.0880 e. The zero-order valence-electron chi connectivity index (χ0n) is 5.84. The summed E-state index contributed by atoms with van der Waals surface area (Å²) in [6.45, 7) is 0.